The van der Waals surface area contributed by atoms with Crippen molar-refractivity contribution in [3.63, 3.8) is 0 Å². The van der Waals surface area contributed by atoms with E-state index in [2.05, 4.69) is 17.4 Å². The van der Waals surface area contributed by atoms with Crippen LogP contribution in [0.2, 0.25) is 0 Å². The van der Waals surface area contributed by atoms with Crippen LogP contribution in [0.5, 0.6) is 5.75 Å². The maximum absolute atomic E-state index is 10.6. The lowest BCUT2D eigenvalue weighted by atomic mass is 10.1. The van der Waals surface area contributed by atoms with E-state index in [0.717, 1.165) is 18.7 Å². The number of rotatable bonds is 7. The molecule has 0 aliphatic carbocycles. The molecule has 2 rings (SSSR count). The van der Waals surface area contributed by atoms with Gasteiger partial charge in [0.05, 0.1) is 0 Å². The molecule has 0 aromatic heterocycles. The number of nitrogens with two attached hydrogens (primary N) is 1. The highest BCUT2D eigenvalue weighted by Gasteiger charge is 1.98. The van der Waals surface area contributed by atoms with E-state index in [1.54, 1.807) is 0 Å². The van der Waals surface area contributed by atoms with Crippen LogP contribution < -0.4 is 15.8 Å². The van der Waals surface area contributed by atoms with E-state index in [1.807, 2.05) is 42.5 Å². The van der Waals surface area contributed by atoms with Gasteiger partial charge < -0.3 is 15.8 Å². The van der Waals surface area contributed by atoms with E-state index in [1.165, 1.54) is 5.56 Å². The molecule has 2 aromatic carbocycles. The first-order valence-corrected chi connectivity index (χ1v) is 6.53. The largest absolute Gasteiger partial charge is 0.484 e. The zero-order valence-electron chi connectivity index (χ0n) is 11.2. The Morgan fingerprint density at radius 2 is 1.75 bits per heavy atom. The van der Waals surface area contributed by atoms with Crippen LogP contribution in [0.4, 0.5) is 5.69 Å². The number of amides is 1. The lowest BCUT2D eigenvalue weighted by Gasteiger charge is -2.08. The van der Waals surface area contributed by atoms with Gasteiger partial charge in [0.15, 0.2) is 6.61 Å². The molecule has 0 saturated heterocycles. The van der Waals surface area contributed by atoms with E-state index in [4.69, 9.17) is 10.5 Å². The molecule has 1 amide bonds. The fraction of sp³-hybridized carbons (Fsp3) is 0.188. The van der Waals surface area contributed by atoms with Crippen molar-refractivity contribution in [1.82, 2.24) is 0 Å². The SMILES string of the molecule is NC(=O)COc1ccc(NCCc2ccccc2)cc1. The molecule has 20 heavy (non-hydrogen) atoms. The Morgan fingerprint density at radius 1 is 1.05 bits per heavy atom. The average Bonchev–Trinajstić information content (AvgIpc) is 2.47. The Kier molecular flexibility index (Phi) is 5.00. The third-order valence-electron chi connectivity index (χ3n) is 2.82. The molecule has 0 fully saturated rings. The van der Waals surface area contributed by atoms with Gasteiger partial charge in [0.2, 0.25) is 0 Å². The van der Waals surface area contributed by atoms with E-state index in [9.17, 15) is 4.79 Å². The summed E-state index contributed by atoms with van der Waals surface area (Å²) >= 11 is 0. The van der Waals surface area contributed by atoms with Crippen LogP contribution in [0.3, 0.4) is 0 Å². The van der Waals surface area contributed by atoms with Crippen molar-refractivity contribution in [3.05, 3.63) is 60.2 Å². The third kappa shape index (κ3) is 4.65. The minimum Gasteiger partial charge on any atom is -0.484 e. The van der Waals surface area contributed by atoms with Crippen molar-refractivity contribution in [3.8, 4) is 5.75 Å². The molecule has 0 spiro atoms. The van der Waals surface area contributed by atoms with E-state index >= 15 is 0 Å². The molecular weight excluding hydrogens is 252 g/mol. The van der Waals surface area contributed by atoms with Gasteiger partial charge in [-0.3, -0.25) is 4.79 Å². The number of ether oxygens (including phenoxy) is 1. The smallest absolute Gasteiger partial charge is 0.255 e. The van der Waals surface area contributed by atoms with Crippen LogP contribution in [0.1, 0.15) is 5.56 Å². The number of anilines is 1. The molecule has 0 radical (unpaired) electrons. The molecule has 3 N–H and O–H groups in total. The van der Waals surface area contributed by atoms with Crippen molar-refractivity contribution in [2.75, 3.05) is 18.5 Å². The van der Waals surface area contributed by atoms with Crippen molar-refractivity contribution in [2.45, 2.75) is 6.42 Å². The molecule has 4 nitrogen and oxygen atoms in total. The number of hydrogen-bond donors (Lipinski definition) is 2. The van der Waals surface area contributed by atoms with Crippen LogP contribution in [0, 0.1) is 0 Å². The first-order valence-electron chi connectivity index (χ1n) is 6.53. The van der Waals surface area contributed by atoms with Crippen LogP contribution in [0.15, 0.2) is 54.6 Å². The molecule has 0 bridgehead atoms. The molecule has 0 aliphatic heterocycles. The van der Waals surface area contributed by atoms with Crippen LogP contribution >= 0.6 is 0 Å². The Balaban J connectivity index is 1.77. The summed E-state index contributed by atoms with van der Waals surface area (Å²) in [5.74, 6) is 0.160. The second-order valence-electron chi connectivity index (χ2n) is 4.44. The summed E-state index contributed by atoms with van der Waals surface area (Å²) in [6.45, 7) is 0.770. The average molecular weight is 270 g/mol. The fourth-order valence-corrected chi connectivity index (χ4v) is 1.82. The molecule has 0 unspecified atom stereocenters. The fourth-order valence-electron chi connectivity index (χ4n) is 1.82. The number of hydrogen-bond acceptors (Lipinski definition) is 3. The first kappa shape index (κ1) is 13.9. The van der Waals surface area contributed by atoms with Gasteiger partial charge >= 0.3 is 0 Å². The maximum Gasteiger partial charge on any atom is 0.255 e. The van der Waals surface area contributed by atoms with Gasteiger partial charge in [-0.2, -0.15) is 0 Å². The highest BCUT2D eigenvalue weighted by Crippen LogP contribution is 2.15. The summed E-state index contributed by atoms with van der Waals surface area (Å²) in [4.78, 5) is 10.6. The summed E-state index contributed by atoms with van der Waals surface area (Å²) in [5.41, 5.74) is 7.34. The predicted molar refractivity (Wildman–Crippen MR) is 79.8 cm³/mol. The van der Waals surface area contributed by atoms with Gasteiger partial charge in [0.25, 0.3) is 5.91 Å². The van der Waals surface area contributed by atoms with E-state index in [-0.39, 0.29) is 6.61 Å². The molecule has 2 aromatic rings. The lowest BCUT2D eigenvalue weighted by Crippen LogP contribution is -2.19. The predicted octanol–water partition coefficient (Wildman–Crippen LogP) is 2.21. The van der Waals surface area contributed by atoms with Crippen molar-refractivity contribution < 1.29 is 9.53 Å². The first-order chi connectivity index (χ1) is 9.74. The van der Waals surface area contributed by atoms with Crippen molar-refractivity contribution in [1.29, 1.82) is 0 Å². The standard InChI is InChI=1S/C16H18N2O2/c17-16(19)12-20-15-8-6-14(7-9-15)18-11-10-13-4-2-1-3-5-13/h1-9,18H,10-12H2,(H2,17,19). The van der Waals surface area contributed by atoms with Gasteiger partial charge in [0.1, 0.15) is 5.75 Å². The number of carbonyl (C=O) groups excluding carboxylic acids is 1. The lowest BCUT2D eigenvalue weighted by molar-refractivity contribution is -0.119. The van der Waals surface area contributed by atoms with Gasteiger partial charge in [-0.25, -0.2) is 0 Å². The van der Waals surface area contributed by atoms with Gasteiger partial charge in [-0.1, -0.05) is 30.3 Å². The molecule has 104 valence electrons. The van der Waals surface area contributed by atoms with Crippen LogP contribution in [0.25, 0.3) is 0 Å². The Labute approximate surface area is 118 Å². The van der Waals surface area contributed by atoms with Crippen molar-refractivity contribution >= 4 is 11.6 Å². The number of benzene rings is 2. The summed E-state index contributed by atoms with van der Waals surface area (Å²) in [5, 5.41) is 3.34. The van der Waals surface area contributed by atoms with Gasteiger partial charge in [-0.15, -0.1) is 0 Å². The van der Waals surface area contributed by atoms with Crippen LogP contribution in [-0.4, -0.2) is 19.1 Å². The summed E-state index contributed by atoms with van der Waals surface area (Å²) in [6.07, 6.45) is 0.973. The Bertz CT molecular complexity index is 538. The Hall–Kier alpha value is -2.49. The second kappa shape index (κ2) is 7.19. The van der Waals surface area contributed by atoms with E-state index in [0.29, 0.717) is 5.75 Å². The quantitative estimate of drug-likeness (QED) is 0.810. The van der Waals surface area contributed by atoms with Gasteiger partial charge in [0, 0.05) is 12.2 Å². The third-order valence-corrected chi connectivity index (χ3v) is 2.82. The van der Waals surface area contributed by atoms with Crippen molar-refractivity contribution in [2.24, 2.45) is 5.73 Å². The minimum absolute atomic E-state index is 0.0964. The zero-order valence-corrected chi connectivity index (χ0v) is 11.2. The number of carbonyl (C=O) groups is 1. The monoisotopic (exact) mass is 270 g/mol. The van der Waals surface area contributed by atoms with Gasteiger partial charge in [-0.05, 0) is 36.2 Å². The molecule has 0 atom stereocenters. The number of nitrogens with one attached hydrogen (secondary N) is 1. The molecule has 4 heteroatoms. The molecule has 0 aliphatic rings. The highest BCUT2D eigenvalue weighted by molar-refractivity contribution is 5.75. The summed E-state index contributed by atoms with van der Waals surface area (Å²) < 4.78 is 5.19. The number of primary amides is 1. The second-order valence-corrected chi connectivity index (χ2v) is 4.44. The molecular formula is C16H18N2O2. The summed E-state index contributed by atoms with van der Waals surface area (Å²) in [7, 11) is 0. The summed E-state index contributed by atoms with van der Waals surface area (Å²) in [6, 6.07) is 17.8. The van der Waals surface area contributed by atoms with E-state index < -0.39 is 5.91 Å². The maximum atomic E-state index is 10.6. The minimum atomic E-state index is -0.477. The normalized spacial score (nSPS) is 10.0. The van der Waals surface area contributed by atoms with Crippen LogP contribution in [-0.2, 0) is 11.2 Å². The zero-order chi connectivity index (χ0) is 14.2. The topological polar surface area (TPSA) is 64.4 Å². The molecule has 0 saturated carbocycles. The highest BCUT2D eigenvalue weighted by atomic mass is 16.5. The molecule has 0 heterocycles. The Morgan fingerprint density at radius 3 is 2.40 bits per heavy atom.